The third kappa shape index (κ3) is 4.64. The number of halogens is 1. The molecule has 0 bridgehead atoms. The van der Waals surface area contributed by atoms with Crippen LogP contribution in [0, 0.1) is 10.1 Å². The van der Waals surface area contributed by atoms with Crippen molar-refractivity contribution in [3.63, 3.8) is 0 Å². The summed E-state index contributed by atoms with van der Waals surface area (Å²) in [6.45, 7) is 3.28. The van der Waals surface area contributed by atoms with E-state index in [-0.39, 0.29) is 33.8 Å². The van der Waals surface area contributed by atoms with E-state index in [1.807, 2.05) is 0 Å². The van der Waals surface area contributed by atoms with Crippen LogP contribution >= 0.6 is 11.6 Å². The molecule has 0 spiro atoms. The molecule has 2 aromatic rings. The standard InChI is InChI=1S/C20H15ClN2O7/c1-3-28-17-9-12(7-15(21)18(17)29-11(2)24)8-16-20(25)30-19(22-16)13-5-4-6-14(10-13)23(26)27/h4-10H,3H2,1-2H3/b16-8-. The number of nitro benzene ring substituents is 1. The molecule has 1 aliphatic heterocycles. The number of nitro groups is 1. The zero-order valence-corrected chi connectivity index (χ0v) is 16.6. The van der Waals surface area contributed by atoms with Gasteiger partial charge < -0.3 is 14.2 Å². The number of esters is 2. The molecule has 10 heteroatoms. The first kappa shape index (κ1) is 21.0. The summed E-state index contributed by atoms with van der Waals surface area (Å²) in [6.07, 6.45) is 1.42. The molecule has 0 unspecified atom stereocenters. The van der Waals surface area contributed by atoms with Crippen molar-refractivity contribution >= 4 is 41.2 Å². The van der Waals surface area contributed by atoms with Crippen LogP contribution < -0.4 is 9.47 Å². The summed E-state index contributed by atoms with van der Waals surface area (Å²) < 4.78 is 15.7. The largest absolute Gasteiger partial charge is 0.490 e. The Morgan fingerprint density at radius 2 is 2.10 bits per heavy atom. The minimum absolute atomic E-state index is 0.0322. The molecule has 0 saturated carbocycles. The van der Waals surface area contributed by atoms with Crippen molar-refractivity contribution in [3.05, 3.63) is 68.4 Å². The molecule has 0 amide bonds. The van der Waals surface area contributed by atoms with Crippen molar-refractivity contribution in [2.45, 2.75) is 13.8 Å². The number of hydrogen-bond acceptors (Lipinski definition) is 8. The van der Waals surface area contributed by atoms with Crippen LogP contribution in [-0.2, 0) is 14.3 Å². The van der Waals surface area contributed by atoms with E-state index in [0.29, 0.717) is 17.7 Å². The van der Waals surface area contributed by atoms with Crippen molar-refractivity contribution in [1.29, 1.82) is 0 Å². The van der Waals surface area contributed by atoms with Crippen molar-refractivity contribution in [3.8, 4) is 11.5 Å². The number of non-ortho nitro benzene ring substituents is 1. The number of carbonyl (C=O) groups is 2. The van der Waals surface area contributed by atoms with E-state index in [1.165, 1.54) is 43.3 Å². The zero-order chi connectivity index (χ0) is 21.8. The molecule has 0 aliphatic carbocycles. The van der Waals surface area contributed by atoms with Gasteiger partial charge in [-0.05, 0) is 36.8 Å². The smallest absolute Gasteiger partial charge is 0.363 e. The van der Waals surface area contributed by atoms with Crippen LogP contribution in [0.1, 0.15) is 25.0 Å². The third-order valence-corrected chi connectivity index (χ3v) is 4.09. The van der Waals surface area contributed by atoms with Gasteiger partial charge in [0.15, 0.2) is 17.2 Å². The molecular formula is C20H15ClN2O7. The molecule has 0 saturated heterocycles. The summed E-state index contributed by atoms with van der Waals surface area (Å²) in [7, 11) is 0. The number of carbonyl (C=O) groups excluding carboxylic acids is 2. The highest BCUT2D eigenvalue weighted by Crippen LogP contribution is 2.37. The van der Waals surface area contributed by atoms with Crippen molar-refractivity contribution in [2.75, 3.05) is 6.61 Å². The first-order valence-corrected chi connectivity index (χ1v) is 9.08. The Hall–Kier alpha value is -3.72. The minimum Gasteiger partial charge on any atom is -0.490 e. The molecule has 154 valence electrons. The fourth-order valence-corrected chi connectivity index (χ4v) is 2.88. The van der Waals surface area contributed by atoms with Gasteiger partial charge in [-0.15, -0.1) is 0 Å². The van der Waals surface area contributed by atoms with Crippen molar-refractivity contribution in [2.24, 2.45) is 4.99 Å². The summed E-state index contributed by atoms with van der Waals surface area (Å²) in [5.41, 5.74) is 0.558. The van der Waals surface area contributed by atoms with Gasteiger partial charge in [0.05, 0.1) is 16.6 Å². The zero-order valence-electron chi connectivity index (χ0n) is 15.9. The highest BCUT2D eigenvalue weighted by Gasteiger charge is 2.25. The maximum absolute atomic E-state index is 12.2. The van der Waals surface area contributed by atoms with Gasteiger partial charge in [0.2, 0.25) is 5.90 Å². The number of nitrogens with zero attached hydrogens (tertiary/aromatic N) is 2. The Balaban J connectivity index is 1.98. The first-order chi connectivity index (χ1) is 14.3. The topological polar surface area (TPSA) is 117 Å². The van der Waals surface area contributed by atoms with E-state index in [2.05, 4.69) is 4.99 Å². The van der Waals surface area contributed by atoms with Gasteiger partial charge in [0.1, 0.15) is 0 Å². The summed E-state index contributed by atoms with van der Waals surface area (Å²) in [4.78, 5) is 38.0. The monoisotopic (exact) mass is 430 g/mol. The summed E-state index contributed by atoms with van der Waals surface area (Å²) >= 11 is 6.21. The van der Waals surface area contributed by atoms with Crippen LogP contribution in [-0.4, -0.2) is 29.4 Å². The van der Waals surface area contributed by atoms with Crippen LogP contribution in [0.3, 0.4) is 0 Å². The number of hydrogen-bond donors (Lipinski definition) is 0. The Kier molecular flexibility index (Phi) is 6.12. The van der Waals surface area contributed by atoms with Gasteiger partial charge in [-0.3, -0.25) is 14.9 Å². The quantitative estimate of drug-likeness (QED) is 0.224. The normalized spacial score (nSPS) is 14.3. The Labute approximate surface area is 175 Å². The molecule has 0 atom stereocenters. The van der Waals surface area contributed by atoms with E-state index in [9.17, 15) is 19.7 Å². The van der Waals surface area contributed by atoms with Crippen molar-refractivity contribution < 1.29 is 28.7 Å². The molecule has 0 fully saturated rings. The minimum atomic E-state index is -0.727. The average molecular weight is 431 g/mol. The lowest BCUT2D eigenvalue weighted by molar-refractivity contribution is -0.384. The molecule has 9 nitrogen and oxygen atoms in total. The van der Waals surface area contributed by atoms with Crippen LogP contribution in [0.2, 0.25) is 5.02 Å². The van der Waals surface area contributed by atoms with Crippen LogP contribution in [0.15, 0.2) is 47.1 Å². The summed E-state index contributed by atoms with van der Waals surface area (Å²) in [6, 6.07) is 8.60. The molecule has 1 aliphatic rings. The first-order valence-electron chi connectivity index (χ1n) is 8.70. The van der Waals surface area contributed by atoms with Crippen LogP contribution in [0.25, 0.3) is 6.08 Å². The van der Waals surface area contributed by atoms with Gasteiger partial charge >= 0.3 is 11.9 Å². The second kappa shape index (κ2) is 8.75. The molecule has 0 N–H and O–H groups in total. The molecule has 30 heavy (non-hydrogen) atoms. The Morgan fingerprint density at radius 1 is 1.33 bits per heavy atom. The molecular weight excluding hydrogens is 416 g/mol. The van der Waals surface area contributed by atoms with E-state index in [4.69, 9.17) is 25.8 Å². The second-order valence-electron chi connectivity index (χ2n) is 6.00. The number of ether oxygens (including phenoxy) is 3. The lowest BCUT2D eigenvalue weighted by atomic mass is 10.1. The van der Waals surface area contributed by atoms with Crippen LogP contribution in [0.5, 0.6) is 11.5 Å². The summed E-state index contributed by atoms with van der Waals surface area (Å²) in [5.74, 6) is -1.05. The van der Waals surface area contributed by atoms with Gasteiger partial charge in [-0.2, -0.15) is 0 Å². The predicted octanol–water partition coefficient (Wildman–Crippen LogP) is 3.92. The van der Waals surface area contributed by atoms with E-state index < -0.39 is 16.9 Å². The Morgan fingerprint density at radius 3 is 2.77 bits per heavy atom. The Bertz CT molecular complexity index is 1110. The average Bonchev–Trinajstić information content (AvgIpc) is 3.05. The maximum Gasteiger partial charge on any atom is 0.363 e. The lowest BCUT2D eigenvalue weighted by Crippen LogP contribution is -2.06. The SMILES string of the molecule is CCOc1cc(/C=C2\N=C(c3cccc([N+](=O)[O-])c3)OC2=O)cc(Cl)c1OC(C)=O. The number of benzene rings is 2. The fraction of sp³-hybridized carbons (Fsp3) is 0.150. The highest BCUT2D eigenvalue weighted by atomic mass is 35.5. The molecule has 0 radical (unpaired) electrons. The van der Waals surface area contributed by atoms with Crippen molar-refractivity contribution in [1.82, 2.24) is 0 Å². The van der Waals surface area contributed by atoms with E-state index in [1.54, 1.807) is 13.0 Å². The van der Waals surface area contributed by atoms with Gasteiger partial charge in [0, 0.05) is 24.6 Å². The van der Waals surface area contributed by atoms with Gasteiger partial charge in [-0.25, -0.2) is 9.79 Å². The van der Waals surface area contributed by atoms with E-state index >= 15 is 0 Å². The molecule has 3 rings (SSSR count). The molecule has 1 heterocycles. The summed E-state index contributed by atoms with van der Waals surface area (Å²) in [5, 5.41) is 11.0. The lowest BCUT2D eigenvalue weighted by Gasteiger charge is -2.12. The number of rotatable bonds is 6. The molecule has 2 aromatic carbocycles. The fourth-order valence-electron chi connectivity index (χ4n) is 2.62. The van der Waals surface area contributed by atoms with E-state index in [0.717, 1.165) is 0 Å². The highest BCUT2D eigenvalue weighted by molar-refractivity contribution is 6.32. The predicted molar refractivity (Wildman–Crippen MR) is 108 cm³/mol. The van der Waals surface area contributed by atoms with Gasteiger partial charge in [0.25, 0.3) is 5.69 Å². The third-order valence-electron chi connectivity index (χ3n) is 3.81. The molecule has 0 aromatic heterocycles. The number of aliphatic imine (C=N–C) groups is 1. The van der Waals surface area contributed by atoms with Crippen LogP contribution in [0.4, 0.5) is 5.69 Å². The second-order valence-corrected chi connectivity index (χ2v) is 6.41. The maximum atomic E-state index is 12.2. The number of cyclic esters (lactones) is 1. The van der Waals surface area contributed by atoms with Gasteiger partial charge in [-0.1, -0.05) is 17.7 Å².